The Morgan fingerprint density at radius 3 is 2.81 bits per heavy atom. The molecule has 0 saturated carbocycles. The first-order valence-electron chi connectivity index (χ1n) is 7.22. The number of likely N-dealkylation sites (N-methyl/N-ethyl adjacent to an activating group) is 1. The molecule has 0 saturated heterocycles. The minimum atomic E-state index is 1.04. The third kappa shape index (κ3) is 3.25. The predicted octanol–water partition coefficient (Wildman–Crippen LogP) is 3.19. The molecule has 110 valence electrons. The van der Waals surface area contributed by atoms with Crippen LogP contribution < -0.4 is 0 Å². The maximum atomic E-state index is 8.76. The van der Waals surface area contributed by atoms with Crippen LogP contribution in [-0.4, -0.2) is 28.3 Å². The maximum absolute atomic E-state index is 8.76. The fourth-order valence-electron chi connectivity index (χ4n) is 2.72. The van der Waals surface area contributed by atoms with Gasteiger partial charge in [0.05, 0.1) is 12.3 Å². The van der Waals surface area contributed by atoms with Gasteiger partial charge < -0.3 is 4.90 Å². The van der Waals surface area contributed by atoms with Crippen LogP contribution in [0.15, 0.2) is 35.7 Å². The molecule has 4 heteroatoms. The van der Waals surface area contributed by atoms with Crippen LogP contribution in [0.2, 0.25) is 0 Å². The van der Waals surface area contributed by atoms with Crippen molar-refractivity contribution in [2.75, 3.05) is 13.6 Å². The molecule has 1 aliphatic heterocycles. The summed E-state index contributed by atoms with van der Waals surface area (Å²) in [5.74, 6) is 0. The summed E-state index contributed by atoms with van der Waals surface area (Å²) in [6.07, 6.45) is 9.80. The Hall–Kier alpha value is -2.28. The molecule has 4 nitrogen and oxygen atoms in total. The van der Waals surface area contributed by atoms with E-state index in [0.29, 0.717) is 0 Å². The number of aromatic nitrogens is 2. The van der Waals surface area contributed by atoms with Gasteiger partial charge in [-0.3, -0.25) is 4.68 Å². The standard InChI is InChI=1S/C17H22N4/c1-13(16-12-19-21(4)14(16)2)11-15-7-6-10-20(3)17(15)8-5-9-18/h5,8,11-12H,6-7,10H2,1-4H3/b8-5+,13-11+. The van der Waals surface area contributed by atoms with Gasteiger partial charge in [0.2, 0.25) is 0 Å². The highest BCUT2D eigenvalue weighted by molar-refractivity contribution is 5.68. The molecule has 2 rings (SSSR count). The Kier molecular flexibility index (Phi) is 4.64. The molecule has 0 unspecified atom stereocenters. The molecule has 0 radical (unpaired) electrons. The number of nitrogens with zero attached hydrogens (tertiary/aromatic N) is 4. The van der Waals surface area contributed by atoms with Crippen LogP contribution in [0.5, 0.6) is 0 Å². The van der Waals surface area contributed by atoms with E-state index in [-0.39, 0.29) is 0 Å². The first kappa shape index (κ1) is 15.1. The normalized spacial score (nSPS) is 16.7. The van der Waals surface area contributed by atoms with E-state index in [9.17, 15) is 0 Å². The van der Waals surface area contributed by atoms with Gasteiger partial charge in [-0.15, -0.1) is 0 Å². The van der Waals surface area contributed by atoms with Crippen LogP contribution in [0.1, 0.15) is 31.0 Å². The molecule has 0 atom stereocenters. The van der Waals surface area contributed by atoms with E-state index in [1.807, 2.05) is 24.0 Å². The average Bonchev–Trinajstić information content (AvgIpc) is 2.78. The quantitative estimate of drug-likeness (QED) is 0.800. The third-order valence-electron chi connectivity index (χ3n) is 4.05. The van der Waals surface area contributed by atoms with Gasteiger partial charge in [-0.1, -0.05) is 6.08 Å². The molecule has 2 heterocycles. The van der Waals surface area contributed by atoms with Crippen molar-refractivity contribution < 1.29 is 0 Å². The second-order valence-electron chi connectivity index (χ2n) is 5.49. The monoisotopic (exact) mass is 282 g/mol. The van der Waals surface area contributed by atoms with Crippen molar-refractivity contribution in [1.29, 1.82) is 5.26 Å². The Labute approximate surface area is 126 Å². The van der Waals surface area contributed by atoms with Crippen LogP contribution in [0.25, 0.3) is 5.57 Å². The van der Waals surface area contributed by atoms with Gasteiger partial charge in [0.1, 0.15) is 0 Å². The zero-order valence-corrected chi connectivity index (χ0v) is 13.2. The van der Waals surface area contributed by atoms with E-state index >= 15 is 0 Å². The maximum Gasteiger partial charge on any atom is 0.0912 e. The van der Waals surface area contributed by atoms with Gasteiger partial charge in [-0.25, -0.2) is 0 Å². The number of hydrogen-bond acceptors (Lipinski definition) is 3. The molecule has 0 aromatic carbocycles. The van der Waals surface area contributed by atoms with E-state index in [1.54, 1.807) is 6.08 Å². The molecule has 0 fully saturated rings. The summed E-state index contributed by atoms with van der Waals surface area (Å²) in [5.41, 5.74) is 6.00. The molecule has 0 N–H and O–H groups in total. The fourth-order valence-corrected chi connectivity index (χ4v) is 2.72. The Balaban J connectivity index is 2.42. The van der Waals surface area contributed by atoms with Crippen molar-refractivity contribution in [1.82, 2.24) is 14.7 Å². The summed E-state index contributed by atoms with van der Waals surface area (Å²) in [6.45, 7) is 5.24. The first-order valence-corrected chi connectivity index (χ1v) is 7.22. The van der Waals surface area contributed by atoms with Crippen LogP contribution in [0.4, 0.5) is 0 Å². The zero-order valence-electron chi connectivity index (χ0n) is 13.2. The Morgan fingerprint density at radius 2 is 2.19 bits per heavy atom. The fraction of sp³-hybridized carbons (Fsp3) is 0.412. The number of nitriles is 1. The third-order valence-corrected chi connectivity index (χ3v) is 4.05. The van der Waals surface area contributed by atoms with E-state index in [1.165, 1.54) is 22.4 Å². The largest absolute Gasteiger partial charge is 0.374 e. The van der Waals surface area contributed by atoms with Crippen molar-refractivity contribution in [3.05, 3.63) is 47.0 Å². The molecule has 1 aromatic heterocycles. The van der Waals surface area contributed by atoms with Gasteiger partial charge in [-0.2, -0.15) is 10.4 Å². The lowest BCUT2D eigenvalue weighted by molar-refractivity contribution is 0.394. The second-order valence-corrected chi connectivity index (χ2v) is 5.49. The lowest BCUT2D eigenvalue weighted by atomic mass is 9.97. The van der Waals surface area contributed by atoms with Crippen molar-refractivity contribution in [2.45, 2.75) is 26.7 Å². The van der Waals surface area contributed by atoms with Gasteiger partial charge in [0.25, 0.3) is 0 Å². The van der Waals surface area contributed by atoms with Gasteiger partial charge in [0.15, 0.2) is 0 Å². The minimum absolute atomic E-state index is 1.04. The highest BCUT2D eigenvalue weighted by Gasteiger charge is 2.14. The van der Waals surface area contributed by atoms with Crippen LogP contribution in [0.3, 0.4) is 0 Å². The van der Waals surface area contributed by atoms with Crippen molar-refractivity contribution in [3.63, 3.8) is 0 Å². The predicted molar refractivity (Wildman–Crippen MR) is 85.2 cm³/mol. The molecule has 1 aromatic rings. The van der Waals surface area contributed by atoms with Crippen LogP contribution >= 0.6 is 0 Å². The molecule has 0 amide bonds. The summed E-state index contributed by atoms with van der Waals surface area (Å²) in [5, 5.41) is 13.1. The van der Waals surface area contributed by atoms with Crippen LogP contribution in [-0.2, 0) is 7.05 Å². The molecule has 0 spiro atoms. The van der Waals surface area contributed by atoms with E-state index in [0.717, 1.165) is 25.1 Å². The van der Waals surface area contributed by atoms with Gasteiger partial charge in [0, 0.05) is 43.7 Å². The van der Waals surface area contributed by atoms with Crippen molar-refractivity contribution in [3.8, 4) is 6.07 Å². The van der Waals surface area contributed by atoms with E-state index in [4.69, 9.17) is 5.26 Å². The average molecular weight is 282 g/mol. The molecule has 1 aliphatic rings. The highest BCUT2D eigenvalue weighted by Crippen LogP contribution is 2.27. The summed E-state index contributed by atoms with van der Waals surface area (Å²) in [4.78, 5) is 2.21. The van der Waals surface area contributed by atoms with Crippen molar-refractivity contribution >= 4 is 5.57 Å². The summed E-state index contributed by atoms with van der Waals surface area (Å²) >= 11 is 0. The Bertz CT molecular complexity index is 653. The molecule has 21 heavy (non-hydrogen) atoms. The van der Waals surface area contributed by atoms with Gasteiger partial charge in [-0.05, 0) is 43.9 Å². The minimum Gasteiger partial charge on any atom is -0.374 e. The molecular formula is C17H22N4. The zero-order chi connectivity index (χ0) is 15.4. The number of hydrogen-bond donors (Lipinski definition) is 0. The Morgan fingerprint density at radius 1 is 1.43 bits per heavy atom. The molecular weight excluding hydrogens is 260 g/mol. The summed E-state index contributed by atoms with van der Waals surface area (Å²) < 4.78 is 1.89. The summed E-state index contributed by atoms with van der Waals surface area (Å²) in [6, 6.07) is 2.08. The van der Waals surface area contributed by atoms with Gasteiger partial charge >= 0.3 is 0 Å². The summed E-state index contributed by atoms with van der Waals surface area (Å²) in [7, 11) is 4.04. The highest BCUT2D eigenvalue weighted by atomic mass is 15.3. The van der Waals surface area contributed by atoms with Crippen LogP contribution in [0, 0.1) is 18.3 Å². The topological polar surface area (TPSA) is 44.9 Å². The number of aryl methyl sites for hydroxylation is 1. The molecule has 0 aliphatic carbocycles. The number of rotatable bonds is 3. The SMILES string of the molecule is C/C(=C\C1=C(/C=C/C#N)N(C)CCC1)c1cnn(C)c1C. The lowest BCUT2D eigenvalue weighted by Crippen LogP contribution is -2.23. The smallest absolute Gasteiger partial charge is 0.0912 e. The second kappa shape index (κ2) is 6.45. The molecule has 0 bridgehead atoms. The lowest BCUT2D eigenvalue weighted by Gasteiger charge is -2.28. The van der Waals surface area contributed by atoms with E-state index in [2.05, 4.69) is 43.0 Å². The number of allylic oxidation sites excluding steroid dienone is 5. The van der Waals surface area contributed by atoms with E-state index < -0.39 is 0 Å². The first-order chi connectivity index (χ1) is 10.0. The van der Waals surface area contributed by atoms with Crippen molar-refractivity contribution in [2.24, 2.45) is 7.05 Å².